The lowest BCUT2D eigenvalue weighted by Crippen LogP contribution is -2.44. The van der Waals surface area contributed by atoms with E-state index in [1.807, 2.05) is 0 Å². The highest BCUT2D eigenvalue weighted by atomic mass is 16.3. The molecule has 3 unspecified atom stereocenters. The van der Waals surface area contributed by atoms with E-state index in [0.717, 1.165) is 19.3 Å². The molecule has 2 rings (SSSR count). The molecule has 0 aromatic carbocycles. The first-order valence-electron chi connectivity index (χ1n) is 4.81. The molecule has 68 valence electrons. The zero-order chi connectivity index (χ0) is 8.77. The molecule has 2 aliphatic rings. The van der Waals surface area contributed by atoms with E-state index in [2.05, 4.69) is 6.92 Å². The molecule has 0 radical (unpaired) electrons. The van der Waals surface area contributed by atoms with Gasteiger partial charge in [0.2, 0.25) is 0 Å². The van der Waals surface area contributed by atoms with Crippen LogP contribution in [-0.2, 0) is 4.79 Å². The minimum atomic E-state index is -0.627. The van der Waals surface area contributed by atoms with Crippen LogP contribution in [0.1, 0.15) is 39.0 Å². The van der Waals surface area contributed by atoms with Crippen molar-refractivity contribution in [3.8, 4) is 0 Å². The van der Waals surface area contributed by atoms with Gasteiger partial charge in [-0.15, -0.1) is 0 Å². The smallest absolute Gasteiger partial charge is 0.136 e. The Balaban J connectivity index is 2.16. The van der Waals surface area contributed by atoms with Crippen molar-refractivity contribution < 1.29 is 9.90 Å². The van der Waals surface area contributed by atoms with Gasteiger partial charge in [-0.05, 0) is 31.1 Å². The standard InChI is InChI=1S/C10H16O2/c1-7-2-8-3-9(11)6-10(12,4-7)5-8/h7-8,12H,2-6H2,1H3. The fraction of sp³-hybridized carbons (Fsp3) is 0.900. The van der Waals surface area contributed by atoms with Crippen LogP contribution in [-0.4, -0.2) is 16.5 Å². The van der Waals surface area contributed by atoms with E-state index in [4.69, 9.17) is 0 Å². The van der Waals surface area contributed by atoms with Crippen molar-refractivity contribution >= 4 is 5.78 Å². The molecule has 1 N–H and O–H groups in total. The first kappa shape index (κ1) is 8.24. The summed E-state index contributed by atoms with van der Waals surface area (Å²) < 4.78 is 0. The summed E-state index contributed by atoms with van der Waals surface area (Å²) in [5.41, 5.74) is -0.627. The molecule has 0 aliphatic heterocycles. The second-order valence-electron chi connectivity index (χ2n) is 4.76. The minimum absolute atomic E-state index is 0.264. The zero-order valence-electron chi connectivity index (χ0n) is 7.55. The Hall–Kier alpha value is -0.370. The van der Waals surface area contributed by atoms with Gasteiger partial charge >= 0.3 is 0 Å². The van der Waals surface area contributed by atoms with Crippen molar-refractivity contribution in [1.29, 1.82) is 0 Å². The summed E-state index contributed by atoms with van der Waals surface area (Å²) >= 11 is 0. The Kier molecular flexibility index (Phi) is 1.76. The van der Waals surface area contributed by atoms with E-state index in [0.29, 0.717) is 24.7 Å². The molecule has 12 heavy (non-hydrogen) atoms. The Bertz CT molecular complexity index is 208. The van der Waals surface area contributed by atoms with Gasteiger partial charge in [-0.3, -0.25) is 4.79 Å². The van der Waals surface area contributed by atoms with Gasteiger partial charge in [0.1, 0.15) is 5.78 Å². The summed E-state index contributed by atoms with van der Waals surface area (Å²) in [6, 6.07) is 0. The van der Waals surface area contributed by atoms with E-state index in [1.165, 1.54) is 0 Å². The lowest BCUT2D eigenvalue weighted by Gasteiger charge is -2.43. The molecule has 3 atom stereocenters. The molecule has 2 heteroatoms. The predicted octanol–water partition coefficient (Wildman–Crippen LogP) is 1.52. The molecule has 2 saturated carbocycles. The lowest BCUT2D eigenvalue weighted by atomic mass is 9.65. The predicted molar refractivity (Wildman–Crippen MR) is 45.7 cm³/mol. The van der Waals surface area contributed by atoms with Crippen LogP contribution in [0, 0.1) is 11.8 Å². The largest absolute Gasteiger partial charge is 0.389 e. The second kappa shape index (κ2) is 2.56. The Morgan fingerprint density at radius 2 is 2.25 bits per heavy atom. The summed E-state index contributed by atoms with van der Waals surface area (Å²) in [4.78, 5) is 11.2. The van der Waals surface area contributed by atoms with E-state index in [9.17, 15) is 9.90 Å². The number of Topliss-reactive ketones (excluding diaryl/α,β-unsaturated/α-hetero) is 1. The second-order valence-corrected chi connectivity index (χ2v) is 4.76. The molecular formula is C10H16O2. The number of ketones is 1. The number of carbonyl (C=O) groups is 1. The average molecular weight is 168 g/mol. The molecule has 0 aromatic rings. The van der Waals surface area contributed by atoms with E-state index in [1.54, 1.807) is 0 Å². The Morgan fingerprint density at radius 3 is 2.92 bits per heavy atom. The number of rotatable bonds is 0. The number of aliphatic hydroxyl groups is 1. The molecule has 0 saturated heterocycles. The number of hydrogen-bond donors (Lipinski definition) is 1. The van der Waals surface area contributed by atoms with E-state index in [-0.39, 0.29) is 5.78 Å². The van der Waals surface area contributed by atoms with Crippen LogP contribution in [0.2, 0.25) is 0 Å². The van der Waals surface area contributed by atoms with Gasteiger partial charge in [-0.2, -0.15) is 0 Å². The van der Waals surface area contributed by atoms with Crippen molar-refractivity contribution in [3.63, 3.8) is 0 Å². The van der Waals surface area contributed by atoms with Gasteiger partial charge in [-0.25, -0.2) is 0 Å². The average Bonchev–Trinajstić information content (AvgIpc) is 1.78. The van der Waals surface area contributed by atoms with Gasteiger partial charge in [0.25, 0.3) is 0 Å². The fourth-order valence-electron chi connectivity index (χ4n) is 3.07. The summed E-state index contributed by atoms with van der Waals surface area (Å²) in [7, 11) is 0. The molecule has 2 nitrogen and oxygen atoms in total. The van der Waals surface area contributed by atoms with Crippen molar-refractivity contribution in [2.24, 2.45) is 11.8 Å². The van der Waals surface area contributed by atoms with Gasteiger partial charge in [-0.1, -0.05) is 6.92 Å². The lowest BCUT2D eigenvalue weighted by molar-refractivity contribution is -0.136. The Morgan fingerprint density at radius 1 is 1.50 bits per heavy atom. The quantitative estimate of drug-likeness (QED) is 0.595. The Labute approximate surface area is 73.0 Å². The normalized spacial score (nSPS) is 47.7. The van der Waals surface area contributed by atoms with Crippen molar-refractivity contribution in [3.05, 3.63) is 0 Å². The highest BCUT2D eigenvalue weighted by Gasteiger charge is 2.43. The SMILES string of the molecule is CC1CC2CC(=O)CC(O)(C1)C2. The number of fused-ring (bicyclic) bond motifs is 2. The molecule has 0 aromatic heterocycles. The molecule has 2 bridgehead atoms. The highest BCUT2D eigenvalue weighted by molar-refractivity contribution is 5.80. The van der Waals surface area contributed by atoms with Crippen molar-refractivity contribution in [2.75, 3.05) is 0 Å². The first-order chi connectivity index (χ1) is 5.57. The third-order valence-electron chi connectivity index (χ3n) is 3.18. The van der Waals surface area contributed by atoms with Crippen LogP contribution in [0.4, 0.5) is 0 Å². The van der Waals surface area contributed by atoms with Gasteiger partial charge in [0, 0.05) is 12.8 Å². The van der Waals surface area contributed by atoms with Crippen LogP contribution < -0.4 is 0 Å². The molecule has 2 aliphatic carbocycles. The molecule has 0 heterocycles. The van der Waals surface area contributed by atoms with Crippen LogP contribution in [0.15, 0.2) is 0 Å². The summed E-state index contributed by atoms with van der Waals surface area (Å²) in [6.45, 7) is 2.17. The summed E-state index contributed by atoms with van der Waals surface area (Å²) in [5, 5.41) is 10.0. The van der Waals surface area contributed by atoms with Crippen molar-refractivity contribution in [1.82, 2.24) is 0 Å². The van der Waals surface area contributed by atoms with Crippen LogP contribution in [0.3, 0.4) is 0 Å². The van der Waals surface area contributed by atoms with Crippen molar-refractivity contribution in [2.45, 2.75) is 44.6 Å². The minimum Gasteiger partial charge on any atom is -0.389 e. The topological polar surface area (TPSA) is 37.3 Å². The summed E-state index contributed by atoms with van der Waals surface area (Å²) in [6.07, 6.45) is 3.95. The van der Waals surface area contributed by atoms with Crippen LogP contribution in [0.5, 0.6) is 0 Å². The third kappa shape index (κ3) is 1.40. The number of carbonyl (C=O) groups excluding carboxylic acids is 1. The van der Waals surface area contributed by atoms with E-state index >= 15 is 0 Å². The monoisotopic (exact) mass is 168 g/mol. The first-order valence-corrected chi connectivity index (χ1v) is 4.81. The van der Waals surface area contributed by atoms with E-state index < -0.39 is 5.60 Å². The fourth-order valence-corrected chi connectivity index (χ4v) is 3.07. The van der Waals surface area contributed by atoms with Crippen LogP contribution in [0.25, 0.3) is 0 Å². The third-order valence-corrected chi connectivity index (χ3v) is 3.18. The van der Waals surface area contributed by atoms with Crippen LogP contribution >= 0.6 is 0 Å². The summed E-state index contributed by atoms with van der Waals surface area (Å²) in [5.74, 6) is 1.34. The van der Waals surface area contributed by atoms with Gasteiger partial charge < -0.3 is 5.11 Å². The molecule has 2 fully saturated rings. The molecular weight excluding hydrogens is 152 g/mol. The highest BCUT2D eigenvalue weighted by Crippen LogP contribution is 2.43. The number of hydrogen-bond acceptors (Lipinski definition) is 2. The maximum Gasteiger partial charge on any atom is 0.136 e. The maximum atomic E-state index is 11.2. The van der Waals surface area contributed by atoms with Gasteiger partial charge in [0.05, 0.1) is 5.60 Å². The molecule has 0 spiro atoms. The zero-order valence-corrected chi connectivity index (χ0v) is 7.55. The molecule has 0 amide bonds. The maximum absolute atomic E-state index is 11.2. The van der Waals surface area contributed by atoms with Gasteiger partial charge in [0.15, 0.2) is 0 Å².